The molecule has 4 rings (SSSR count). The van der Waals surface area contributed by atoms with Gasteiger partial charge < -0.3 is 9.64 Å². The van der Waals surface area contributed by atoms with E-state index in [0.717, 1.165) is 11.4 Å². The van der Waals surface area contributed by atoms with Crippen molar-refractivity contribution >= 4 is 27.6 Å². The summed E-state index contributed by atoms with van der Waals surface area (Å²) < 4.78 is 21.6. The molecule has 1 fully saturated rings. The maximum atomic E-state index is 13.6. The number of benzene rings is 1. The van der Waals surface area contributed by atoms with E-state index in [-0.39, 0.29) is 12.0 Å². The Morgan fingerprint density at radius 3 is 3.00 bits per heavy atom. The van der Waals surface area contributed by atoms with Crippen molar-refractivity contribution in [1.29, 1.82) is 0 Å². The number of carbonyl (C=O) groups excluding carboxylic acids is 1. The fraction of sp³-hybridized carbons (Fsp3) is 0.294. The molecule has 0 aliphatic carbocycles. The lowest BCUT2D eigenvalue weighted by molar-refractivity contribution is -0.0257. The minimum atomic E-state index is -0.457. The number of ether oxygens (including phenoxy) is 1. The van der Waals surface area contributed by atoms with Crippen LogP contribution in [0.1, 0.15) is 27.8 Å². The van der Waals surface area contributed by atoms with Crippen molar-refractivity contribution in [2.45, 2.75) is 13.0 Å². The molecule has 2 aromatic heterocycles. The number of halogens is 2. The number of amides is 1. The van der Waals surface area contributed by atoms with E-state index in [0.29, 0.717) is 35.5 Å². The Kier molecular flexibility index (Phi) is 4.41. The zero-order valence-corrected chi connectivity index (χ0v) is 15.5. The predicted octanol–water partition coefficient (Wildman–Crippen LogP) is 2.55. The second kappa shape index (κ2) is 6.73. The lowest BCUT2D eigenvalue weighted by atomic mass is 10.1. The molecule has 1 saturated heterocycles. The highest BCUT2D eigenvalue weighted by molar-refractivity contribution is 9.10. The number of hydrogen-bond acceptors (Lipinski definition) is 5. The van der Waals surface area contributed by atoms with E-state index in [1.54, 1.807) is 15.5 Å². The average molecular weight is 420 g/mol. The van der Waals surface area contributed by atoms with Gasteiger partial charge in [0, 0.05) is 22.3 Å². The first-order chi connectivity index (χ1) is 12.5. The summed E-state index contributed by atoms with van der Waals surface area (Å²) in [6.07, 6.45) is 1.07. The second-order valence-electron chi connectivity index (χ2n) is 6.06. The molecule has 1 amide bonds. The minimum Gasteiger partial charge on any atom is -0.368 e. The van der Waals surface area contributed by atoms with E-state index in [4.69, 9.17) is 4.74 Å². The van der Waals surface area contributed by atoms with E-state index in [2.05, 4.69) is 31.0 Å². The monoisotopic (exact) mass is 419 g/mol. The molecule has 1 aliphatic rings. The van der Waals surface area contributed by atoms with Gasteiger partial charge in [0.1, 0.15) is 18.2 Å². The molecule has 9 heteroatoms. The van der Waals surface area contributed by atoms with Crippen molar-refractivity contribution in [2.75, 3.05) is 19.7 Å². The molecule has 134 valence electrons. The first-order valence-corrected chi connectivity index (χ1v) is 8.85. The highest BCUT2D eigenvalue weighted by Gasteiger charge is 2.28. The van der Waals surface area contributed by atoms with Crippen LogP contribution in [-0.4, -0.2) is 50.1 Å². The summed E-state index contributed by atoms with van der Waals surface area (Å²) in [4.78, 5) is 22.9. The Balaban J connectivity index is 1.63. The van der Waals surface area contributed by atoms with Crippen LogP contribution in [0.3, 0.4) is 0 Å². The number of morpholine rings is 1. The number of hydrogen-bond donors (Lipinski definition) is 0. The fourth-order valence-electron chi connectivity index (χ4n) is 3.06. The number of carbonyl (C=O) groups is 1. The van der Waals surface area contributed by atoms with Crippen LogP contribution in [0.4, 0.5) is 4.39 Å². The van der Waals surface area contributed by atoms with Crippen molar-refractivity contribution in [1.82, 2.24) is 24.5 Å². The van der Waals surface area contributed by atoms with Gasteiger partial charge in [-0.05, 0) is 31.2 Å². The summed E-state index contributed by atoms with van der Waals surface area (Å²) in [5.74, 6) is -0.207. The van der Waals surface area contributed by atoms with Gasteiger partial charge in [-0.2, -0.15) is 14.6 Å². The third-order valence-electron chi connectivity index (χ3n) is 4.20. The zero-order chi connectivity index (χ0) is 18.3. The second-order valence-corrected chi connectivity index (χ2v) is 6.98. The molecule has 0 spiro atoms. The van der Waals surface area contributed by atoms with Crippen LogP contribution in [-0.2, 0) is 4.74 Å². The quantitative estimate of drug-likeness (QED) is 0.637. The van der Waals surface area contributed by atoms with Crippen LogP contribution in [0.25, 0.3) is 5.78 Å². The summed E-state index contributed by atoms with van der Waals surface area (Å²) in [6, 6.07) is 6.05. The smallest absolute Gasteiger partial charge is 0.254 e. The average Bonchev–Trinajstić information content (AvgIpc) is 3.08. The third kappa shape index (κ3) is 3.19. The van der Waals surface area contributed by atoms with Crippen molar-refractivity contribution in [3.63, 3.8) is 0 Å². The van der Waals surface area contributed by atoms with Gasteiger partial charge in [0.25, 0.3) is 11.7 Å². The predicted molar refractivity (Wildman–Crippen MR) is 94.2 cm³/mol. The zero-order valence-electron chi connectivity index (χ0n) is 13.9. The third-order valence-corrected chi connectivity index (χ3v) is 4.66. The Hall–Kier alpha value is -2.39. The Morgan fingerprint density at radius 1 is 1.35 bits per heavy atom. The number of nitrogens with zero attached hydrogens (tertiary/aromatic N) is 5. The summed E-state index contributed by atoms with van der Waals surface area (Å²) in [6.45, 7) is 3.03. The molecule has 0 saturated carbocycles. The first kappa shape index (κ1) is 17.0. The topological polar surface area (TPSA) is 72.6 Å². The molecule has 3 aromatic rings. The summed E-state index contributed by atoms with van der Waals surface area (Å²) in [5, 5.41) is 4.19. The van der Waals surface area contributed by atoms with E-state index in [1.807, 2.05) is 13.0 Å². The SMILES string of the molecule is Cc1cc([C@@H]2CN(C(=O)c3cc(F)cc(Br)c3)CCO2)n2ncnc2n1. The largest absolute Gasteiger partial charge is 0.368 e. The molecule has 3 heterocycles. The molecule has 0 unspecified atom stereocenters. The number of aromatic nitrogens is 4. The Labute approximate surface area is 156 Å². The van der Waals surface area contributed by atoms with Crippen LogP contribution in [0.2, 0.25) is 0 Å². The minimum absolute atomic E-state index is 0.237. The van der Waals surface area contributed by atoms with Gasteiger partial charge in [0.2, 0.25) is 0 Å². The van der Waals surface area contributed by atoms with Gasteiger partial charge >= 0.3 is 0 Å². The van der Waals surface area contributed by atoms with Crippen molar-refractivity contribution in [3.05, 3.63) is 57.8 Å². The molecule has 0 N–H and O–H groups in total. The highest BCUT2D eigenvalue weighted by Crippen LogP contribution is 2.25. The van der Waals surface area contributed by atoms with Crippen LogP contribution < -0.4 is 0 Å². The van der Waals surface area contributed by atoms with E-state index >= 15 is 0 Å². The molecule has 1 aromatic carbocycles. The summed E-state index contributed by atoms with van der Waals surface area (Å²) in [5.41, 5.74) is 1.87. The molecule has 0 bridgehead atoms. The van der Waals surface area contributed by atoms with Gasteiger partial charge in [-0.3, -0.25) is 4.79 Å². The normalized spacial score (nSPS) is 17.7. The fourth-order valence-corrected chi connectivity index (χ4v) is 3.53. The molecular weight excluding hydrogens is 405 g/mol. The van der Waals surface area contributed by atoms with Crippen LogP contribution in [0.15, 0.2) is 35.1 Å². The van der Waals surface area contributed by atoms with E-state index in [1.165, 1.54) is 18.5 Å². The summed E-state index contributed by atoms with van der Waals surface area (Å²) in [7, 11) is 0. The van der Waals surface area contributed by atoms with E-state index in [9.17, 15) is 9.18 Å². The van der Waals surface area contributed by atoms with Crippen molar-refractivity contribution in [2.24, 2.45) is 0 Å². The number of aryl methyl sites for hydroxylation is 1. The molecular formula is C17H15BrFN5O2. The van der Waals surface area contributed by atoms with Gasteiger partial charge in [0.05, 0.1) is 18.8 Å². The number of rotatable bonds is 2. The molecule has 0 radical (unpaired) electrons. The highest BCUT2D eigenvalue weighted by atomic mass is 79.9. The van der Waals surface area contributed by atoms with Gasteiger partial charge in [-0.25, -0.2) is 9.37 Å². The molecule has 26 heavy (non-hydrogen) atoms. The van der Waals surface area contributed by atoms with E-state index < -0.39 is 5.82 Å². The van der Waals surface area contributed by atoms with Gasteiger partial charge in [-0.1, -0.05) is 15.9 Å². The lowest BCUT2D eigenvalue weighted by Crippen LogP contribution is -2.42. The van der Waals surface area contributed by atoms with Crippen LogP contribution in [0, 0.1) is 12.7 Å². The Morgan fingerprint density at radius 2 is 2.19 bits per heavy atom. The van der Waals surface area contributed by atoms with Gasteiger partial charge in [0.15, 0.2) is 0 Å². The summed E-state index contributed by atoms with van der Waals surface area (Å²) >= 11 is 3.22. The van der Waals surface area contributed by atoms with Gasteiger partial charge in [-0.15, -0.1) is 0 Å². The molecule has 1 atom stereocenters. The number of fused-ring (bicyclic) bond motifs is 1. The van der Waals surface area contributed by atoms with Crippen LogP contribution >= 0.6 is 15.9 Å². The standard InChI is InChI=1S/C17H15BrFN5O2/c1-10-4-14(24-17(22-10)20-9-21-24)15-8-23(2-3-26-15)16(25)11-5-12(18)7-13(19)6-11/h4-7,9,15H,2-3,8H2,1H3/t15-/m0/s1. The van der Waals surface area contributed by atoms with Crippen LogP contribution in [0.5, 0.6) is 0 Å². The van der Waals surface area contributed by atoms with Crippen molar-refractivity contribution in [3.8, 4) is 0 Å². The molecule has 7 nitrogen and oxygen atoms in total. The first-order valence-electron chi connectivity index (χ1n) is 8.05. The lowest BCUT2D eigenvalue weighted by Gasteiger charge is -2.33. The maximum Gasteiger partial charge on any atom is 0.254 e. The van der Waals surface area contributed by atoms with Crippen molar-refractivity contribution < 1.29 is 13.9 Å². The molecule has 1 aliphatic heterocycles. The maximum absolute atomic E-state index is 13.6. The Bertz CT molecular complexity index is 972.